The van der Waals surface area contributed by atoms with Gasteiger partial charge in [-0.2, -0.15) is 0 Å². The zero-order valence-electron chi connectivity index (χ0n) is 10.4. The summed E-state index contributed by atoms with van der Waals surface area (Å²) < 4.78 is 18.6. The van der Waals surface area contributed by atoms with Crippen molar-refractivity contribution in [3.8, 4) is 5.75 Å². The minimum atomic E-state index is -0.510. The Morgan fingerprint density at radius 1 is 1.47 bits per heavy atom. The molecule has 2 N–H and O–H groups in total. The SMILES string of the molecule is OCC1CC(O)CN1CCOc1ccc(Cl)c(F)c1. The third kappa shape index (κ3) is 3.79. The van der Waals surface area contributed by atoms with Crippen LogP contribution in [0.15, 0.2) is 18.2 Å². The summed E-state index contributed by atoms with van der Waals surface area (Å²) in [5.41, 5.74) is 0. The van der Waals surface area contributed by atoms with Gasteiger partial charge in [0, 0.05) is 25.2 Å². The van der Waals surface area contributed by atoms with Gasteiger partial charge in [0.1, 0.15) is 18.2 Å². The van der Waals surface area contributed by atoms with E-state index in [1.165, 1.54) is 12.1 Å². The normalized spacial score (nSPS) is 23.8. The van der Waals surface area contributed by atoms with Crippen molar-refractivity contribution in [3.05, 3.63) is 29.0 Å². The lowest BCUT2D eigenvalue weighted by Gasteiger charge is -2.22. The average molecular weight is 290 g/mol. The molecule has 106 valence electrons. The number of likely N-dealkylation sites (tertiary alicyclic amines) is 1. The molecule has 0 saturated carbocycles. The first kappa shape index (κ1) is 14.5. The summed E-state index contributed by atoms with van der Waals surface area (Å²) in [6, 6.07) is 4.27. The zero-order valence-corrected chi connectivity index (χ0v) is 11.2. The van der Waals surface area contributed by atoms with Gasteiger partial charge in [0.25, 0.3) is 0 Å². The molecular formula is C13H17ClFNO3. The molecule has 0 aliphatic carbocycles. The number of hydrogen-bond acceptors (Lipinski definition) is 4. The first-order chi connectivity index (χ1) is 9.10. The van der Waals surface area contributed by atoms with E-state index in [1.54, 1.807) is 6.07 Å². The third-order valence-electron chi connectivity index (χ3n) is 3.25. The topological polar surface area (TPSA) is 52.9 Å². The lowest BCUT2D eigenvalue weighted by atomic mass is 10.2. The monoisotopic (exact) mass is 289 g/mol. The lowest BCUT2D eigenvalue weighted by Crippen LogP contribution is -2.35. The molecule has 0 spiro atoms. The van der Waals surface area contributed by atoms with Crippen molar-refractivity contribution in [3.63, 3.8) is 0 Å². The van der Waals surface area contributed by atoms with E-state index in [0.29, 0.717) is 31.9 Å². The molecule has 1 aromatic rings. The molecule has 1 aliphatic rings. The maximum atomic E-state index is 13.2. The maximum Gasteiger partial charge on any atom is 0.145 e. The Bertz CT molecular complexity index is 432. The highest BCUT2D eigenvalue weighted by molar-refractivity contribution is 6.30. The Hall–Kier alpha value is -0.880. The molecular weight excluding hydrogens is 273 g/mol. The zero-order chi connectivity index (χ0) is 13.8. The van der Waals surface area contributed by atoms with Crippen molar-refractivity contribution in [2.45, 2.75) is 18.6 Å². The second-order valence-corrected chi connectivity index (χ2v) is 5.05. The fourth-order valence-electron chi connectivity index (χ4n) is 2.27. The summed E-state index contributed by atoms with van der Waals surface area (Å²) in [6.07, 6.45) is 0.177. The molecule has 1 saturated heterocycles. The van der Waals surface area contributed by atoms with Gasteiger partial charge in [0.15, 0.2) is 0 Å². The van der Waals surface area contributed by atoms with E-state index in [4.69, 9.17) is 16.3 Å². The molecule has 19 heavy (non-hydrogen) atoms. The summed E-state index contributed by atoms with van der Waals surface area (Å²) in [5, 5.41) is 18.8. The second-order valence-electron chi connectivity index (χ2n) is 4.65. The molecule has 0 aromatic heterocycles. The predicted molar refractivity (Wildman–Crippen MR) is 70.0 cm³/mol. The summed E-state index contributed by atoms with van der Waals surface area (Å²) in [7, 11) is 0. The summed E-state index contributed by atoms with van der Waals surface area (Å²) >= 11 is 5.58. The fourth-order valence-corrected chi connectivity index (χ4v) is 2.39. The highest BCUT2D eigenvalue weighted by Crippen LogP contribution is 2.21. The van der Waals surface area contributed by atoms with Gasteiger partial charge in [-0.3, -0.25) is 4.90 Å². The lowest BCUT2D eigenvalue weighted by molar-refractivity contribution is 0.135. The second kappa shape index (κ2) is 6.52. The van der Waals surface area contributed by atoms with Gasteiger partial charge in [-0.25, -0.2) is 4.39 Å². The first-order valence-electron chi connectivity index (χ1n) is 6.21. The van der Waals surface area contributed by atoms with E-state index in [-0.39, 0.29) is 17.7 Å². The van der Waals surface area contributed by atoms with Crippen molar-refractivity contribution in [1.29, 1.82) is 0 Å². The minimum absolute atomic E-state index is 0.0205. The van der Waals surface area contributed by atoms with Crippen LogP contribution in [0.3, 0.4) is 0 Å². The number of halogens is 2. The predicted octanol–water partition coefficient (Wildman–Crippen LogP) is 1.29. The number of ether oxygens (including phenoxy) is 1. The van der Waals surface area contributed by atoms with E-state index in [1.807, 2.05) is 4.90 Å². The van der Waals surface area contributed by atoms with Crippen molar-refractivity contribution >= 4 is 11.6 Å². The fraction of sp³-hybridized carbons (Fsp3) is 0.538. The van der Waals surface area contributed by atoms with Crippen LogP contribution in [0.25, 0.3) is 0 Å². The molecule has 0 bridgehead atoms. The first-order valence-corrected chi connectivity index (χ1v) is 6.58. The van der Waals surface area contributed by atoms with Crippen LogP contribution in [-0.2, 0) is 0 Å². The highest BCUT2D eigenvalue weighted by Gasteiger charge is 2.29. The van der Waals surface area contributed by atoms with E-state index in [9.17, 15) is 14.6 Å². The Balaban J connectivity index is 1.81. The van der Waals surface area contributed by atoms with Crippen molar-refractivity contribution < 1.29 is 19.3 Å². The van der Waals surface area contributed by atoms with E-state index >= 15 is 0 Å². The van der Waals surface area contributed by atoms with Gasteiger partial charge in [0.2, 0.25) is 0 Å². The molecule has 0 amide bonds. The Morgan fingerprint density at radius 2 is 2.26 bits per heavy atom. The Labute approximate surface area is 116 Å². The van der Waals surface area contributed by atoms with Crippen molar-refractivity contribution in [1.82, 2.24) is 4.90 Å². The van der Waals surface area contributed by atoms with Crippen LogP contribution in [0, 0.1) is 5.82 Å². The van der Waals surface area contributed by atoms with Gasteiger partial charge in [-0.05, 0) is 18.6 Å². The van der Waals surface area contributed by atoms with Crippen LogP contribution in [0.2, 0.25) is 5.02 Å². The molecule has 0 radical (unpaired) electrons. The minimum Gasteiger partial charge on any atom is -0.492 e. The standard InChI is InChI=1S/C13H17ClFNO3/c14-12-2-1-11(6-13(12)15)19-4-3-16-7-10(18)5-9(16)8-17/h1-2,6,9-10,17-18H,3-5,7-8H2. The summed E-state index contributed by atoms with van der Waals surface area (Å²) in [4.78, 5) is 1.97. The van der Waals surface area contributed by atoms with Crippen LogP contribution in [0.1, 0.15) is 6.42 Å². The van der Waals surface area contributed by atoms with Crippen LogP contribution < -0.4 is 4.74 Å². The number of aliphatic hydroxyl groups is 2. The van der Waals surface area contributed by atoms with Gasteiger partial charge >= 0.3 is 0 Å². The van der Waals surface area contributed by atoms with E-state index < -0.39 is 11.9 Å². The average Bonchev–Trinajstić information content (AvgIpc) is 2.74. The largest absolute Gasteiger partial charge is 0.492 e. The molecule has 1 heterocycles. The van der Waals surface area contributed by atoms with Gasteiger partial charge < -0.3 is 14.9 Å². The van der Waals surface area contributed by atoms with Crippen LogP contribution in [-0.4, -0.2) is 53.6 Å². The number of hydrogen-bond donors (Lipinski definition) is 2. The number of nitrogens with zero attached hydrogens (tertiary/aromatic N) is 1. The number of rotatable bonds is 5. The molecule has 2 unspecified atom stereocenters. The van der Waals surface area contributed by atoms with Crippen LogP contribution in [0.4, 0.5) is 4.39 Å². The third-order valence-corrected chi connectivity index (χ3v) is 3.56. The van der Waals surface area contributed by atoms with Crippen LogP contribution in [0.5, 0.6) is 5.75 Å². The maximum absolute atomic E-state index is 13.2. The quantitative estimate of drug-likeness (QED) is 0.858. The smallest absolute Gasteiger partial charge is 0.145 e. The number of β-amino-alcohol motifs (C(OH)–C–C–N with tert-alkyl or cyclic N) is 1. The summed E-state index contributed by atoms with van der Waals surface area (Å²) in [6.45, 7) is 1.49. The van der Waals surface area contributed by atoms with Crippen molar-refractivity contribution in [2.75, 3.05) is 26.3 Å². The Kier molecular flexibility index (Phi) is 4.99. The summed E-state index contributed by atoms with van der Waals surface area (Å²) in [5.74, 6) is -0.0915. The van der Waals surface area contributed by atoms with Gasteiger partial charge in [-0.15, -0.1) is 0 Å². The number of benzene rings is 1. The molecule has 1 aromatic carbocycles. The van der Waals surface area contributed by atoms with Crippen LogP contribution >= 0.6 is 11.6 Å². The molecule has 1 aliphatic heterocycles. The molecule has 4 nitrogen and oxygen atoms in total. The van der Waals surface area contributed by atoms with Crippen molar-refractivity contribution in [2.24, 2.45) is 0 Å². The van der Waals surface area contributed by atoms with E-state index in [0.717, 1.165) is 0 Å². The molecule has 2 atom stereocenters. The Morgan fingerprint density at radius 3 is 2.95 bits per heavy atom. The molecule has 2 rings (SSSR count). The molecule has 6 heteroatoms. The number of aliphatic hydroxyl groups excluding tert-OH is 2. The highest BCUT2D eigenvalue weighted by atomic mass is 35.5. The van der Waals surface area contributed by atoms with Gasteiger partial charge in [0.05, 0.1) is 17.7 Å². The molecule has 1 fully saturated rings. The van der Waals surface area contributed by atoms with Gasteiger partial charge in [-0.1, -0.05) is 11.6 Å². The van der Waals surface area contributed by atoms with E-state index in [2.05, 4.69) is 0 Å².